The molecule has 0 spiro atoms. The number of nitrogens with zero attached hydrogens (tertiary/aromatic N) is 1. The fourth-order valence-corrected chi connectivity index (χ4v) is 2.12. The van der Waals surface area contributed by atoms with Crippen LogP contribution in [0, 0.1) is 11.9 Å². The van der Waals surface area contributed by atoms with Gasteiger partial charge in [-0.3, -0.25) is 4.79 Å². The number of carbonyl (C=O) groups is 1. The lowest BCUT2D eigenvalue weighted by Gasteiger charge is -2.16. The van der Waals surface area contributed by atoms with E-state index in [1.807, 2.05) is 0 Å². The van der Waals surface area contributed by atoms with Crippen LogP contribution in [0.15, 0.2) is 18.3 Å². The molecule has 2 unspecified atom stereocenters. The maximum atomic E-state index is 12.6. The molecule has 0 aliphatic heterocycles. The molecule has 3 nitrogen and oxygen atoms in total. The lowest BCUT2D eigenvalue weighted by Crippen LogP contribution is -2.36. The van der Waals surface area contributed by atoms with Gasteiger partial charge in [-0.25, -0.2) is 4.98 Å². The van der Waals surface area contributed by atoms with E-state index in [1.54, 1.807) is 0 Å². The first-order valence-corrected chi connectivity index (χ1v) is 5.59. The standard InChI is InChI=1S/C12H15FN2O/c1-8-3-2-4-10(8)15-12(16)9-5-6-11(13)14-7-9/h5-8,10H,2-4H2,1H3,(H,15,16). The van der Waals surface area contributed by atoms with Crippen molar-refractivity contribution in [2.75, 3.05) is 0 Å². The predicted octanol–water partition coefficient (Wildman–Crippen LogP) is 2.14. The average Bonchev–Trinajstić information content (AvgIpc) is 2.65. The summed E-state index contributed by atoms with van der Waals surface area (Å²) in [6, 6.07) is 2.90. The van der Waals surface area contributed by atoms with Crippen LogP contribution in [0.3, 0.4) is 0 Å². The highest BCUT2D eigenvalue weighted by molar-refractivity contribution is 5.94. The SMILES string of the molecule is CC1CCCC1NC(=O)c1ccc(F)nc1. The number of halogens is 1. The van der Waals surface area contributed by atoms with Crippen molar-refractivity contribution in [3.8, 4) is 0 Å². The highest BCUT2D eigenvalue weighted by Crippen LogP contribution is 2.24. The summed E-state index contributed by atoms with van der Waals surface area (Å²) in [4.78, 5) is 15.3. The Hall–Kier alpha value is -1.45. The van der Waals surface area contributed by atoms with Crippen molar-refractivity contribution in [1.82, 2.24) is 10.3 Å². The van der Waals surface area contributed by atoms with Crippen molar-refractivity contribution in [3.63, 3.8) is 0 Å². The Balaban J connectivity index is 2.00. The van der Waals surface area contributed by atoms with E-state index in [9.17, 15) is 9.18 Å². The Morgan fingerprint density at radius 2 is 2.31 bits per heavy atom. The summed E-state index contributed by atoms with van der Waals surface area (Å²) in [6.45, 7) is 2.14. The van der Waals surface area contributed by atoms with E-state index in [0.29, 0.717) is 11.5 Å². The Morgan fingerprint density at radius 1 is 1.50 bits per heavy atom. The second kappa shape index (κ2) is 4.60. The minimum absolute atomic E-state index is 0.161. The van der Waals surface area contributed by atoms with Crippen LogP contribution >= 0.6 is 0 Å². The number of hydrogen-bond acceptors (Lipinski definition) is 2. The molecule has 4 heteroatoms. The van der Waals surface area contributed by atoms with Crippen molar-refractivity contribution < 1.29 is 9.18 Å². The summed E-state index contributed by atoms with van der Waals surface area (Å²) in [5, 5.41) is 2.96. The zero-order valence-corrected chi connectivity index (χ0v) is 9.24. The Bertz CT molecular complexity index is 377. The molecular weight excluding hydrogens is 207 g/mol. The number of carbonyl (C=O) groups excluding carboxylic acids is 1. The number of pyridine rings is 1. The van der Waals surface area contributed by atoms with Crippen LogP contribution in [0.2, 0.25) is 0 Å². The molecule has 16 heavy (non-hydrogen) atoms. The lowest BCUT2D eigenvalue weighted by molar-refractivity contribution is 0.0929. The molecule has 2 atom stereocenters. The molecule has 0 radical (unpaired) electrons. The molecule has 0 aromatic carbocycles. The quantitative estimate of drug-likeness (QED) is 0.779. The third-order valence-corrected chi connectivity index (χ3v) is 3.17. The van der Waals surface area contributed by atoms with Crippen LogP contribution in [-0.4, -0.2) is 16.9 Å². The number of rotatable bonds is 2. The molecular formula is C12H15FN2O. The van der Waals surface area contributed by atoms with E-state index in [4.69, 9.17) is 0 Å². The molecule has 1 aromatic rings. The van der Waals surface area contributed by atoms with Crippen LogP contribution < -0.4 is 5.32 Å². The van der Waals surface area contributed by atoms with Gasteiger partial charge in [0.25, 0.3) is 5.91 Å². The summed E-state index contributed by atoms with van der Waals surface area (Å²) in [5.74, 6) is -0.200. The van der Waals surface area contributed by atoms with Crippen molar-refractivity contribution in [2.24, 2.45) is 5.92 Å². The fourth-order valence-electron chi connectivity index (χ4n) is 2.12. The van der Waals surface area contributed by atoms with Crippen LogP contribution in [0.25, 0.3) is 0 Å². The summed E-state index contributed by atoms with van der Waals surface area (Å²) in [7, 11) is 0. The molecule has 86 valence electrons. The van der Waals surface area contributed by atoms with Gasteiger partial charge in [0, 0.05) is 12.2 Å². The highest BCUT2D eigenvalue weighted by Gasteiger charge is 2.25. The van der Waals surface area contributed by atoms with Gasteiger partial charge in [-0.15, -0.1) is 0 Å². The monoisotopic (exact) mass is 222 g/mol. The molecule has 0 saturated heterocycles. The van der Waals surface area contributed by atoms with Gasteiger partial charge >= 0.3 is 0 Å². The number of aromatic nitrogens is 1. The topological polar surface area (TPSA) is 42.0 Å². The highest BCUT2D eigenvalue weighted by atomic mass is 19.1. The summed E-state index contributed by atoms with van der Waals surface area (Å²) >= 11 is 0. The summed E-state index contributed by atoms with van der Waals surface area (Å²) in [5.41, 5.74) is 0.417. The van der Waals surface area contributed by atoms with E-state index in [2.05, 4.69) is 17.2 Å². The van der Waals surface area contributed by atoms with E-state index in [1.165, 1.54) is 18.3 Å². The molecule has 1 N–H and O–H groups in total. The minimum atomic E-state index is -0.564. The van der Waals surface area contributed by atoms with Gasteiger partial charge in [0.15, 0.2) is 0 Å². The zero-order valence-electron chi connectivity index (χ0n) is 9.24. The molecule has 1 aliphatic carbocycles. The van der Waals surface area contributed by atoms with Gasteiger partial charge in [0.05, 0.1) is 5.56 Å². The number of hydrogen-bond donors (Lipinski definition) is 1. The Labute approximate surface area is 94.1 Å². The van der Waals surface area contributed by atoms with Gasteiger partial charge in [-0.2, -0.15) is 4.39 Å². The first kappa shape index (κ1) is 11.0. The van der Waals surface area contributed by atoms with Gasteiger partial charge in [-0.05, 0) is 30.9 Å². The smallest absolute Gasteiger partial charge is 0.253 e. The normalized spacial score (nSPS) is 24.4. The second-order valence-electron chi connectivity index (χ2n) is 4.36. The molecule has 2 rings (SSSR count). The van der Waals surface area contributed by atoms with Gasteiger partial charge in [-0.1, -0.05) is 13.3 Å². The van der Waals surface area contributed by atoms with Gasteiger partial charge in [0.2, 0.25) is 5.95 Å². The van der Waals surface area contributed by atoms with Crippen molar-refractivity contribution in [1.29, 1.82) is 0 Å². The summed E-state index contributed by atoms with van der Waals surface area (Å²) in [6.07, 6.45) is 4.62. The van der Waals surface area contributed by atoms with E-state index in [0.717, 1.165) is 19.3 Å². The Kier molecular flexibility index (Phi) is 3.17. The van der Waals surface area contributed by atoms with E-state index < -0.39 is 5.95 Å². The lowest BCUT2D eigenvalue weighted by atomic mass is 10.1. The molecule has 1 aromatic heterocycles. The van der Waals surface area contributed by atoms with Crippen LogP contribution in [0.4, 0.5) is 4.39 Å². The molecule has 1 aliphatic rings. The van der Waals surface area contributed by atoms with Gasteiger partial charge in [0.1, 0.15) is 0 Å². The molecule has 0 bridgehead atoms. The first-order valence-electron chi connectivity index (χ1n) is 5.59. The average molecular weight is 222 g/mol. The van der Waals surface area contributed by atoms with E-state index in [-0.39, 0.29) is 11.9 Å². The van der Waals surface area contributed by atoms with Gasteiger partial charge < -0.3 is 5.32 Å². The van der Waals surface area contributed by atoms with Crippen molar-refractivity contribution >= 4 is 5.91 Å². The molecule has 1 saturated carbocycles. The van der Waals surface area contributed by atoms with Crippen molar-refractivity contribution in [2.45, 2.75) is 32.2 Å². The molecule has 1 heterocycles. The van der Waals surface area contributed by atoms with Crippen LogP contribution in [-0.2, 0) is 0 Å². The third kappa shape index (κ3) is 2.38. The molecule has 1 fully saturated rings. The zero-order chi connectivity index (χ0) is 11.5. The third-order valence-electron chi connectivity index (χ3n) is 3.17. The Morgan fingerprint density at radius 3 is 2.88 bits per heavy atom. The van der Waals surface area contributed by atoms with E-state index >= 15 is 0 Å². The second-order valence-corrected chi connectivity index (χ2v) is 4.36. The largest absolute Gasteiger partial charge is 0.349 e. The fraction of sp³-hybridized carbons (Fsp3) is 0.500. The number of amides is 1. The first-order chi connectivity index (χ1) is 7.66. The molecule has 1 amide bonds. The maximum absolute atomic E-state index is 12.6. The maximum Gasteiger partial charge on any atom is 0.253 e. The van der Waals surface area contributed by atoms with Crippen LogP contribution in [0.1, 0.15) is 36.5 Å². The minimum Gasteiger partial charge on any atom is -0.349 e. The predicted molar refractivity (Wildman–Crippen MR) is 58.5 cm³/mol. The summed E-state index contributed by atoms with van der Waals surface area (Å²) < 4.78 is 12.6. The van der Waals surface area contributed by atoms with Crippen molar-refractivity contribution in [3.05, 3.63) is 29.8 Å². The number of nitrogens with one attached hydrogen (secondary N) is 1. The van der Waals surface area contributed by atoms with Crippen LogP contribution in [0.5, 0.6) is 0 Å².